The molecule has 2 N–H and O–H groups in total. The summed E-state index contributed by atoms with van der Waals surface area (Å²) in [4.78, 5) is 12.2. The Morgan fingerprint density at radius 1 is 1.23 bits per heavy atom. The summed E-state index contributed by atoms with van der Waals surface area (Å²) in [5.74, 6) is 1.08. The van der Waals surface area contributed by atoms with Crippen LogP contribution in [0, 0.1) is 0 Å². The number of hydrogen-bond donors (Lipinski definition) is 2. The van der Waals surface area contributed by atoms with E-state index >= 15 is 0 Å². The second-order valence-electron chi connectivity index (χ2n) is 5.50. The van der Waals surface area contributed by atoms with E-state index in [0.717, 1.165) is 11.3 Å². The molecule has 5 nitrogen and oxygen atoms in total. The van der Waals surface area contributed by atoms with Crippen molar-refractivity contribution in [1.82, 2.24) is 10.4 Å². The first-order valence-electron chi connectivity index (χ1n) is 8.05. The number of methoxy groups -OCH3 is 1. The zero-order valence-corrected chi connectivity index (χ0v) is 15.8. The lowest BCUT2D eigenvalue weighted by Crippen LogP contribution is -2.48. The summed E-state index contributed by atoms with van der Waals surface area (Å²) in [6, 6.07) is 17.4. The highest BCUT2D eigenvalue weighted by Crippen LogP contribution is 2.26. The molecule has 1 fully saturated rings. The molecular weight excluding hydrogens is 366 g/mol. The van der Waals surface area contributed by atoms with Crippen LogP contribution in [0.1, 0.15) is 5.56 Å². The maximum atomic E-state index is 12.2. The number of nitrogens with one attached hydrogen (secondary N) is 2. The van der Waals surface area contributed by atoms with Gasteiger partial charge in [0.05, 0.1) is 18.6 Å². The molecule has 1 aliphatic heterocycles. The molecule has 0 aromatic heterocycles. The Kier molecular flexibility index (Phi) is 6.14. The Morgan fingerprint density at radius 2 is 1.96 bits per heavy atom. The maximum Gasteiger partial charge on any atom is 0.252 e. The van der Waals surface area contributed by atoms with Gasteiger partial charge in [-0.2, -0.15) is 0 Å². The van der Waals surface area contributed by atoms with Crippen LogP contribution in [-0.2, 0) is 4.79 Å². The molecule has 1 heterocycles. The van der Waals surface area contributed by atoms with E-state index in [4.69, 9.17) is 17.0 Å². The second kappa shape index (κ2) is 8.73. The van der Waals surface area contributed by atoms with Crippen molar-refractivity contribution in [2.75, 3.05) is 18.2 Å². The molecule has 1 atom stereocenters. The highest BCUT2D eigenvalue weighted by atomic mass is 32.2. The predicted octanol–water partition coefficient (Wildman–Crippen LogP) is 3.51. The molecule has 0 saturated carbocycles. The smallest absolute Gasteiger partial charge is 0.252 e. The average Bonchev–Trinajstić information content (AvgIpc) is 3.01. The lowest BCUT2D eigenvalue weighted by molar-refractivity contribution is -0.129. The van der Waals surface area contributed by atoms with Crippen LogP contribution in [0.5, 0.6) is 5.75 Å². The van der Waals surface area contributed by atoms with Gasteiger partial charge in [-0.15, -0.1) is 11.8 Å². The van der Waals surface area contributed by atoms with E-state index < -0.39 is 0 Å². The highest BCUT2D eigenvalue weighted by molar-refractivity contribution is 8.01. The third-order valence-electron chi connectivity index (χ3n) is 3.73. The molecule has 0 radical (unpaired) electrons. The fourth-order valence-electron chi connectivity index (χ4n) is 2.48. The SMILES string of the molecule is COc1ccccc1NC(=S)NN1C(=O)CSC1/C=C/c1ccccc1. The van der Waals surface area contributed by atoms with Gasteiger partial charge in [0.2, 0.25) is 0 Å². The van der Waals surface area contributed by atoms with Crippen molar-refractivity contribution in [3.05, 3.63) is 66.2 Å². The molecule has 0 spiro atoms. The number of amides is 1. The quantitative estimate of drug-likeness (QED) is 0.769. The Bertz CT molecular complexity index is 811. The van der Waals surface area contributed by atoms with E-state index in [-0.39, 0.29) is 11.3 Å². The normalized spacial score (nSPS) is 16.7. The van der Waals surface area contributed by atoms with Crippen LogP contribution in [0.25, 0.3) is 6.08 Å². The summed E-state index contributed by atoms with van der Waals surface area (Å²) < 4.78 is 5.30. The van der Waals surface area contributed by atoms with Crippen LogP contribution in [0.15, 0.2) is 60.7 Å². The molecule has 2 aromatic carbocycles. The standard InChI is InChI=1S/C19H19N3O2S2/c1-24-16-10-6-5-9-15(16)20-19(25)21-22-17(23)13-26-18(22)12-11-14-7-3-2-4-8-14/h2-12,18H,13H2,1H3,(H2,20,21,25)/b12-11+. The van der Waals surface area contributed by atoms with E-state index in [0.29, 0.717) is 16.6 Å². The minimum absolute atomic E-state index is 0.0121. The number of benzene rings is 2. The first-order valence-corrected chi connectivity index (χ1v) is 9.50. The largest absolute Gasteiger partial charge is 0.495 e. The van der Waals surface area contributed by atoms with Crippen LogP contribution in [0.3, 0.4) is 0 Å². The average molecular weight is 386 g/mol. The van der Waals surface area contributed by atoms with Crippen molar-refractivity contribution in [2.45, 2.75) is 5.37 Å². The van der Waals surface area contributed by atoms with Crippen LogP contribution in [0.4, 0.5) is 5.69 Å². The van der Waals surface area contributed by atoms with E-state index in [9.17, 15) is 4.79 Å². The summed E-state index contributed by atoms with van der Waals surface area (Å²) in [6.07, 6.45) is 3.99. The lowest BCUT2D eigenvalue weighted by Gasteiger charge is -2.24. The maximum absolute atomic E-state index is 12.2. The topological polar surface area (TPSA) is 53.6 Å². The number of nitrogens with zero attached hydrogens (tertiary/aromatic N) is 1. The van der Waals surface area contributed by atoms with Gasteiger partial charge in [-0.25, -0.2) is 5.01 Å². The summed E-state index contributed by atoms with van der Waals surface area (Å²) >= 11 is 6.91. The van der Waals surface area contributed by atoms with Gasteiger partial charge in [-0.3, -0.25) is 10.2 Å². The summed E-state index contributed by atoms with van der Waals surface area (Å²) in [5.41, 5.74) is 4.82. The van der Waals surface area contributed by atoms with Gasteiger partial charge in [0.1, 0.15) is 11.1 Å². The Balaban J connectivity index is 1.65. The number of hydrazine groups is 1. The fourth-order valence-corrected chi connectivity index (χ4v) is 3.65. The molecule has 3 rings (SSSR count). The Labute approximate surface area is 162 Å². The third kappa shape index (κ3) is 4.56. The van der Waals surface area contributed by atoms with Crippen LogP contribution < -0.4 is 15.5 Å². The highest BCUT2D eigenvalue weighted by Gasteiger charge is 2.30. The first-order chi connectivity index (χ1) is 12.7. The molecule has 2 aromatic rings. The number of carbonyl (C=O) groups is 1. The molecule has 26 heavy (non-hydrogen) atoms. The van der Waals surface area contributed by atoms with Crippen LogP contribution >= 0.6 is 24.0 Å². The van der Waals surface area contributed by atoms with Gasteiger partial charge in [-0.05, 0) is 36.0 Å². The summed E-state index contributed by atoms with van der Waals surface area (Å²) in [6.45, 7) is 0. The van der Waals surface area contributed by atoms with Crippen LogP contribution in [0.2, 0.25) is 0 Å². The van der Waals surface area contributed by atoms with E-state index in [2.05, 4.69) is 10.7 Å². The number of thiocarbonyl (C=S) groups is 1. The number of para-hydroxylation sites is 2. The van der Waals surface area contributed by atoms with Crippen molar-refractivity contribution in [3.63, 3.8) is 0 Å². The zero-order chi connectivity index (χ0) is 18.4. The van der Waals surface area contributed by atoms with Gasteiger partial charge >= 0.3 is 0 Å². The van der Waals surface area contributed by atoms with E-state index in [1.54, 1.807) is 23.9 Å². The fraction of sp³-hybridized carbons (Fsp3) is 0.158. The number of anilines is 1. The molecule has 1 aliphatic rings. The second-order valence-corrected chi connectivity index (χ2v) is 7.01. The summed E-state index contributed by atoms with van der Waals surface area (Å²) in [5, 5.41) is 4.83. The molecule has 1 amide bonds. The Hall–Kier alpha value is -2.51. The number of ether oxygens (including phenoxy) is 1. The molecule has 7 heteroatoms. The molecule has 0 aliphatic carbocycles. The van der Waals surface area contributed by atoms with E-state index in [1.807, 2.05) is 66.7 Å². The van der Waals surface area contributed by atoms with Crippen molar-refractivity contribution in [1.29, 1.82) is 0 Å². The van der Waals surface area contributed by atoms with Gasteiger partial charge in [0.25, 0.3) is 5.91 Å². The van der Waals surface area contributed by atoms with Crippen LogP contribution in [-0.4, -0.2) is 34.3 Å². The van der Waals surface area contributed by atoms with Crippen molar-refractivity contribution >= 4 is 46.8 Å². The van der Waals surface area contributed by atoms with Gasteiger partial charge < -0.3 is 10.1 Å². The van der Waals surface area contributed by atoms with Crippen molar-refractivity contribution in [3.8, 4) is 5.75 Å². The van der Waals surface area contributed by atoms with Crippen molar-refractivity contribution in [2.24, 2.45) is 0 Å². The molecule has 1 saturated heterocycles. The molecule has 1 unspecified atom stereocenters. The Morgan fingerprint density at radius 3 is 2.73 bits per heavy atom. The van der Waals surface area contributed by atoms with Gasteiger partial charge in [-0.1, -0.05) is 48.5 Å². The van der Waals surface area contributed by atoms with E-state index in [1.165, 1.54) is 0 Å². The predicted molar refractivity (Wildman–Crippen MR) is 111 cm³/mol. The first kappa shape index (κ1) is 18.3. The number of thioether (sulfide) groups is 1. The lowest BCUT2D eigenvalue weighted by atomic mass is 10.2. The number of carbonyl (C=O) groups excluding carboxylic acids is 1. The van der Waals surface area contributed by atoms with Crippen molar-refractivity contribution < 1.29 is 9.53 Å². The zero-order valence-electron chi connectivity index (χ0n) is 14.2. The number of hydrogen-bond acceptors (Lipinski definition) is 4. The monoisotopic (exact) mass is 385 g/mol. The van der Waals surface area contributed by atoms with Gasteiger partial charge in [0.15, 0.2) is 5.11 Å². The minimum atomic E-state index is -0.125. The third-order valence-corrected chi connectivity index (χ3v) is 5.05. The van der Waals surface area contributed by atoms with Gasteiger partial charge in [0, 0.05) is 0 Å². The molecular formula is C19H19N3O2S2. The number of rotatable bonds is 5. The molecule has 0 bridgehead atoms. The minimum Gasteiger partial charge on any atom is -0.495 e. The summed E-state index contributed by atoms with van der Waals surface area (Å²) in [7, 11) is 1.60. The molecule has 134 valence electrons.